The van der Waals surface area contributed by atoms with Gasteiger partial charge in [0.25, 0.3) is 0 Å². The number of piperazine rings is 1. The molecule has 3 aromatic carbocycles. The van der Waals surface area contributed by atoms with Gasteiger partial charge in [-0.2, -0.15) is 9.97 Å². The second-order valence-corrected chi connectivity index (χ2v) is 13.2. The van der Waals surface area contributed by atoms with Gasteiger partial charge in [0.1, 0.15) is 24.4 Å². The van der Waals surface area contributed by atoms with E-state index < -0.39 is 6.17 Å². The zero-order chi connectivity index (χ0) is 29.3. The third kappa shape index (κ3) is 4.48. The summed E-state index contributed by atoms with van der Waals surface area (Å²) in [6, 6.07) is 15.2. The van der Waals surface area contributed by atoms with E-state index in [2.05, 4.69) is 46.3 Å². The van der Waals surface area contributed by atoms with Crippen LogP contribution in [0.2, 0.25) is 0 Å². The molecular formula is C35H39F2N5O. The minimum Gasteiger partial charge on any atom is -0.461 e. The van der Waals surface area contributed by atoms with Gasteiger partial charge in [-0.1, -0.05) is 37.3 Å². The Morgan fingerprint density at radius 3 is 2.67 bits per heavy atom. The van der Waals surface area contributed by atoms with Gasteiger partial charge in [0.15, 0.2) is 0 Å². The van der Waals surface area contributed by atoms with Crippen LogP contribution in [-0.4, -0.2) is 71.4 Å². The van der Waals surface area contributed by atoms with Crippen molar-refractivity contribution in [2.75, 3.05) is 37.7 Å². The summed E-state index contributed by atoms with van der Waals surface area (Å²) >= 11 is 0. The van der Waals surface area contributed by atoms with E-state index in [-0.39, 0.29) is 11.4 Å². The number of nitrogens with zero attached hydrogens (tertiary/aromatic N) is 4. The molecule has 4 atom stereocenters. The average Bonchev–Trinajstić information content (AvgIpc) is 3.66. The lowest BCUT2D eigenvalue weighted by Crippen LogP contribution is -2.51. The Morgan fingerprint density at radius 1 is 1.02 bits per heavy atom. The molecule has 4 saturated heterocycles. The van der Waals surface area contributed by atoms with Gasteiger partial charge < -0.3 is 15.0 Å². The lowest BCUT2D eigenvalue weighted by atomic mass is 9.90. The first-order valence-corrected chi connectivity index (χ1v) is 16.0. The summed E-state index contributed by atoms with van der Waals surface area (Å²) in [7, 11) is 0. The molecule has 224 valence electrons. The monoisotopic (exact) mass is 583 g/mol. The third-order valence-corrected chi connectivity index (χ3v) is 10.6. The summed E-state index contributed by atoms with van der Waals surface area (Å²) in [5.74, 6) is 0.735. The molecule has 0 aliphatic carbocycles. The normalized spacial score (nSPS) is 27.0. The highest BCUT2D eigenvalue weighted by Crippen LogP contribution is 2.42. The minimum absolute atomic E-state index is 0.169. The molecule has 2 unspecified atom stereocenters. The number of hydrogen-bond donors (Lipinski definition) is 1. The van der Waals surface area contributed by atoms with Gasteiger partial charge in [-0.3, -0.25) is 4.90 Å². The number of aromatic nitrogens is 2. The molecular weight excluding hydrogens is 544 g/mol. The predicted octanol–water partition coefficient (Wildman–Crippen LogP) is 6.36. The van der Waals surface area contributed by atoms with Gasteiger partial charge in [-0.05, 0) is 90.7 Å². The van der Waals surface area contributed by atoms with Crippen molar-refractivity contribution in [1.29, 1.82) is 0 Å². The minimum atomic E-state index is -0.809. The molecule has 1 N–H and O–H groups in total. The van der Waals surface area contributed by atoms with Crippen LogP contribution in [-0.2, 0) is 6.42 Å². The molecule has 0 amide bonds. The number of alkyl halides is 1. The molecule has 8 rings (SSSR count). The number of rotatable bonds is 6. The van der Waals surface area contributed by atoms with Crippen molar-refractivity contribution in [3.05, 3.63) is 59.4 Å². The Bertz CT molecular complexity index is 1720. The van der Waals surface area contributed by atoms with E-state index >= 15 is 4.39 Å². The van der Waals surface area contributed by atoms with Crippen molar-refractivity contribution >= 4 is 27.5 Å². The first-order valence-electron chi connectivity index (χ1n) is 16.0. The highest BCUT2D eigenvalue weighted by Gasteiger charge is 2.49. The number of nitrogens with one attached hydrogen (secondary N) is 1. The van der Waals surface area contributed by atoms with Gasteiger partial charge in [0.05, 0.1) is 11.1 Å². The number of hydrogen-bond acceptors (Lipinski definition) is 6. The van der Waals surface area contributed by atoms with Crippen LogP contribution in [0.1, 0.15) is 50.2 Å². The summed E-state index contributed by atoms with van der Waals surface area (Å²) in [6.45, 7) is 7.71. The fourth-order valence-electron chi connectivity index (χ4n) is 8.51. The van der Waals surface area contributed by atoms with E-state index in [1.807, 2.05) is 19.1 Å². The standard InChI is InChI=1S/C35H39F2N5O/c1-3-26-30(37)13-8-22-6-4-7-28(31(22)26)27-11-12-29-32(21(27)2)39-34(40-33(29)41-18-24-9-10-25(19-41)38-24)43-20-35-14-5-15-42(35)17-23(36)16-35/h4,6-8,11-13,23-25,38H,3,5,9-10,14-20H2,1-2H3/t23-,24?,25?,35+/m1/s1. The number of benzene rings is 3. The second-order valence-electron chi connectivity index (χ2n) is 13.2. The predicted molar refractivity (Wildman–Crippen MR) is 167 cm³/mol. The number of fused-ring (bicyclic) bond motifs is 5. The van der Waals surface area contributed by atoms with Crippen molar-refractivity contribution in [3.8, 4) is 17.1 Å². The van der Waals surface area contributed by atoms with Crippen LogP contribution < -0.4 is 15.0 Å². The zero-order valence-electron chi connectivity index (χ0n) is 25.0. The number of anilines is 1. The first kappa shape index (κ1) is 27.2. The molecule has 4 aliphatic rings. The lowest BCUT2D eigenvalue weighted by Gasteiger charge is -2.35. The van der Waals surface area contributed by atoms with Crippen LogP contribution in [0, 0.1) is 12.7 Å². The van der Waals surface area contributed by atoms with E-state index in [9.17, 15) is 4.39 Å². The van der Waals surface area contributed by atoms with E-state index in [0.717, 1.165) is 82.2 Å². The molecule has 4 fully saturated rings. The molecule has 0 radical (unpaired) electrons. The molecule has 0 saturated carbocycles. The van der Waals surface area contributed by atoms with Crippen molar-refractivity contribution in [1.82, 2.24) is 20.2 Å². The maximum Gasteiger partial charge on any atom is 0.319 e. The summed E-state index contributed by atoms with van der Waals surface area (Å²) in [5.41, 5.74) is 4.38. The second kappa shape index (κ2) is 10.4. The van der Waals surface area contributed by atoms with Crippen LogP contribution in [0.3, 0.4) is 0 Å². The van der Waals surface area contributed by atoms with E-state index in [4.69, 9.17) is 14.7 Å². The number of halogens is 2. The van der Waals surface area contributed by atoms with Gasteiger partial charge >= 0.3 is 6.01 Å². The Hall–Kier alpha value is -3.36. The molecule has 8 heteroatoms. The maximum atomic E-state index is 15.0. The van der Waals surface area contributed by atoms with Gasteiger partial charge in [0.2, 0.25) is 0 Å². The quantitative estimate of drug-likeness (QED) is 0.285. The third-order valence-electron chi connectivity index (χ3n) is 10.6. The summed E-state index contributed by atoms with van der Waals surface area (Å²) in [4.78, 5) is 14.7. The molecule has 1 aromatic heterocycles. The average molecular weight is 584 g/mol. The summed E-state index contributed by atoms with van der Waals surface area (Å²) in [6.07, 6.45) is 4.67. The maximum absolute atomic E-state index is 15.0. The molecule has 5 heterocycles. The fraction of sp³-hybridized carbons (Fsp3) is 0.486. The van der Waals surface area contributed by atoms with Crippen LogP contribution in [0.5, 0.6) is 6.01 Å². The Labute approximate surface area is 251 Å². The summed E-state index contributed by atoms with van der Waals surface area (Å²) < 4.78 is 36.0. The molecule has 43 heavy (non-hydrogen) atoms. The largest absolute Gasteiger partial charge is 0.461 e. The van der Waals surface area contributed by atoms with Crippen LogP contribution in [0.4, 0.5) is 14.6 Å². The fourth-order valence-corrected chi connectivity index (χ4v) is 8.51. The van der Waals surface area contributed by atoms with Gasteiger partial charge in [-0.25, -0.2) is 8.78 Å². The lowest BCUT2D eigenvalue weighted by molar-refractivity contribution is 0.107. The van der Waals surface area contributed by atoms with Crippen molar-refractivity contribution in [2.45, 2.75) is 76.2 Å². The summed E-state index contributed by atoms with van der Waals surface area (Å²) in [5, 5.41) is 6.72. The smallest absolute Gasteiger partial charge is 0.319 e. The number of aryl methyl sites for hydroxylation is 2. The van der Waals surface area contributed by atoms with Crippen molar-refractivity contribution < 1.29 is 13.5 Å². The van der Waals surface area contributed by atoms with Gasteiger partial charge in [0, 0.05) is 43.5 Å². The highest BCUT2D eigenvalue weighted by molar-refractivity contribution is 6.03. The molecule has 6 nitrogen and oxygen atoms in total. The van der Waals surface area contributed by atoms with Crippen LogP contribution in [0.15, 0.2) is 42.5 Å². The van der Waals surface area contributed by atoms with Crippen molar-refractivity contribution in [2.24, 2.45) is 0 Å². The molecule has 4 aliphatic heterocycles. The van der Waals surface area contributed by atoms with Crippen LogP contribution in [0.25, 0.3) is 32.8 Å². The molecule has 2 bridgehead atoms. The van der Waals surface area contributed by atoms with Gasteiger partial charge in [-0.15, -0.1) is 0 Å². The highest BCUT2D eigenvalue weighted by atomic mass is 19.1. The number of ether oxygens (including phenoxy) is 1. The van der Waals surface area contributed by atoms with E-state index in [1.54, 1.807) is 6.07 Å². The van der Waals surface area contributed by atoms with E-state index in [0.29, 0.717) is 44.1 Å². The SMILES string of the molecule is CCc1c(F)ccc2cccc(-c3ccc4c(N5CC6CCC(C5)N6)nc(OC[C@@]56CCCN5C[C@H](F)C6)nc4c3C)c12. The Kier molecular flexibility index (Phi) is 6.56. The van der Waals surface area contributed by atoms with Crippen LogP contribution >= 0.6 is 0 Å². The Balaban J connectivity index is 1.26. The molecule has 4 aromatic rings. The Morgan fingerprint density at radius 2 is 1.86 bits per heavy atom. The van der Waals surface area contributed by atoms with Crippen molar-refractivity contribution in [3.63, 3.8) is 0 Å². The zero-order valence-corrected chi connectivity index (χ0v) is 25.0. The topological polar surface area (TPSA) is 53.5 Å². The van der Waals surface area contributed by atoms with E-state index in [1.165, 1.54) is 12.8 Å². The molecule has 0 spiro atoms. The first-order chi connectivity index (χ1) is 20.9.